The molecule has 0 atom stereocenters. The fourth-order valence-corrected chi connectivity index (χ4v) is 1.68. The summed E-state index contributed by atoms with van der Waals surface area (Å²) in [5.41, 5.74) is 7.47. The first-order valence-corrected chi connectivity index (χ1v) is 5.57. The van der Waals surface area contributed by atoms with Crippen molar-refractivity contribution in [2.24, 2.45) is 7.05 Å². The smallest absolute Gasteiger partial charge is 0.236 e. The Morgan fingerprint density at radius 3 is 2.82 bits per heavy atom. The molecule has 2 aromatic rings. The van der Waals surface area contributed by atoms with E-state index in [2.05, 4.69) is 18.9 Å². The van der Waals surface area contributed by atoms with Crippen LogP contribution in [0.15, 0.2) is 22.8 Å². The van der Waals surface area contributed by atoms with Crippen LogP contribution in [0.5, 0.6) is 5.88 Å². The van der Waals surface area contributed by atoms with Crippen LogP contribution in [0.25, 0.3) is 0 Å². The fraction of sp³-hybridized carbons (Fsp3) is 0.417. The van der Waals surface area contributed by atoms with Crippen LogP contribution in [-0.2, 0) is 13.7 Å². The van der Waals surface area contributed by atoms with Crippen molar-refractivity contribution in [2.45, 2.75) is 26.4 Å². The Kier molecular flexibility index (Phi) is 3.08. The number of nitrogen functional groups attached to an aromatic ring is 1. The summed E-state index contributed by atoms with van der Waals surface area (Å²) in [4.78, 5) is 0. The zero-order valence-electron chi connectivity index (χ0n) is 10.3. The Morgan fingerprint density at radius 1 is 1.53 bits per heavy atom. The van der Waals surface area contributed by atoms with Gasteiger partial charge in [-0.15, -0.1) is 0 Å². The summed E-state index contributed by atoms with van der Waals surface area (Å²) >= 11 is 0. The number of ether oxygens (including phenoxy) is 1. The molecule has 0 unspecified atom stereocenters. The predicted octanol–water partition coefficient (Wildman–Crippen LogP) is 2.30. The maximum atomic E-state index is 6.01. The molecule has 2 aromatic heterocycles. The number of aromatic nitrogens is 2. The van der Waals surface area contributed by atoms with Crippen molar-refractivity contribution >= 4 is 5.69 Å². The molecule has 0 bridgehead atoms. The van der Waals surface area contributed by atoms with E-state index in [1.807, 2.05) is 19.2 Å². The highest BCUT2D eigenvalue weighted by Crippen LogP contribution is 2.30. The van der Waals surface area contributed by atoms with Gasteiger partial charge in [-0.05, 0) is 18.1 Å². The predicted molar refractivity (Wildman–Crippen MR) is 64.7 cm³/mol. The van der Waals surface area contributed by atoms with E-state index in [9.17, 15) is 0 Å². The zero-order valence-corrected chi connectivity index (χ0v) is 10.3. The van der Waals surface area contributed by atoms with Crippen molar-refractivity contribution in [3.8, 4) is 5.88 Å². The van der Waals surface area contributed by atoms with Crippen LogP contribution in [0.4, 0.5) is 5.69 Å². The monoisotopic (exact) mass is 235 g/mol. The van der Waals surface area contributed by atoms with Crippen molar-refractivity contribution in [1.82, 2.24) is 9.78 Å². The molecular weight excluding hydrogens is 218 g/mol. The largest absolute Gasteiger partial charge is 0.468 e. The maximum absolute atomic E-state index is 6.01. The van der Waals surface area contributed by atoms with Crippen molar-refractivity contribution in [3.05, 3.63) is 29.9 Å². The molecule has 5 heteroatoms. The number of nitrogens with two attached hydrogens (primary N) is 1. The number of hydrogen-bond acceptors (Lipinski definition) is 4. The van der Waals surface area contributed by atoms with E-state index in [0.717, 1.165) is 11.5 Å². The Balaban J connectivity index is 2.15. The van der Waals surface area contributed by atoms with Gasteiger partial charge in [-0.3, -0.25) is 0 Å². The molecule has 2 rings (SSSR count). The highest BCUT2D eigenvalue weighted by molar-refractivity contribution is 5.54. The van der Waals surface area contributed by atoms with Gasteiger partial charge in [-0.25, -0.2) is 4.68 Å². The molecular formula is C12H17N3O2. The Hall–Kier alpha value is -1.91. The van der Waals surface area contributed by atoms with E-state index in [-0.39, 0.29) is 5.92 Å². The number of rotatable bonds is 4. The molecule has 0 spiro atoms. The van der Waals surface area contributed by atoms with Crippen molar-refractivity contribution < 1.29 is 9.15 Å². The Morgan fingerprint density at radius 2 is 2.29 bits per heavy atom. The van der Waals surface area contributed by atoms with Gasteiger partial charge in [-0.1, -0.05) is 13.8 Å². The van der Waals surface area contributed by atoms with Crippen LogP contribution in [0.3, 0.4) is 0 Å². The standard InChI is InChI=1S/C12H17N3O2/c1-8(2)11-10(13)12(15(3)14-11)17-7-9-5-4-6-16-9/h4-6,8H,7,13H2,1-3H3. The molecule has 0 aliphatic rings. The summed E-state index contributed by atoms with van der Waals surface area (Å²) in [5.74, 6) is 1.63. The van der Waals surface area contributed by atoms with Gasteiger partial charge >= 0.3 is 0 Å². The highest BCUT2D eigenvalue weighted by Gasteiger charge is 2.17. The molecule has 2 heterocycles. The van der Waals surface area contributed by atoms with Crippen molar-refractivity contribution in [3.63, 3.8) is 0 Å². The number of anilines is 1. The van der Waals surface area contributed by atoms with Gasteiger partial charge in [0, 0.05) is 7.05 Å². The SMILES string of the molecule is CC(C)c1nn(C)c(OCc2ccco2)c1N. The summed E-state index contributed by atoms with van der Waals surface area (Å²) in [6.07, 6.45) is 1.62. The van der Waals surface area contributed by atoms with Crippen LogP contribution >= 0.6 is 0 Å². The molecule has 0 fully saturated rings. The summed E-state index contributed by atoms with van der Waals surface area (Å²) in [7, 11) is 1.82. The molecule has 0 saturated carbocycles. The molecule has 0 aromatic carbocycles. The first kappa shape index (κ1) is 11.6. The lowest BCUT2D eigenvalue weighted by Crippen LogP contribution is -2.01. The van der Waals surface area contributed by atoms with Crippen LogP contribution in [0.1, 0.15) is 31.2 Å². The number of aryl methyl sites for hydroxylation is 1. The molecule has 0 aliphatic heterocycles. The van der Waals surface area contributed by atoms with Crippen LogP contribution in [0, 0.1) is 0 Å². The third-order valence-corrected chi connectivity index (χ3v) is 2.54. The average molecular weight is 235 g/mol. The van der Waals surface area contributed by atoms with E-state index in [4.69, 9.17) is 14.9 Å². The lowest BCUT2D eigenvalue weighted by molar-refractivity contribution is 0.250. The molecule has 92 valence electrons. The normalized spacial score (nSPS) is 11.1. The highest BCUT2D eigenvalue weighted by atomic mass is 16.5. The van der Waals surface area contributed by atoms with Crippen molar-refractivity contribution in [2.75, 3.05) is 5.73 Å². The first-order chi connectivity index (χ1) is 8.09. The average Bonchev–Trinajstić information content (AvgIpc) is 2.86. The second kappa shape index (κ2) is 4.53. The third-order valence-electron chi connectivity index (χ3n) is 2.54. The molecule has 17 heavy (non-hydrogen) atoms. The molecule has 5 nitrogen and oxygen atoms in total. The van der Waals surface area contributed by atoms with Gasteiger partial charge < -0.3 is 14.9 Å². The van der Waals surface area contributed by atoms with E-state index in [0.29, 0.717) is 18.2 Å². The minimum Gasteiger partial charge on any atom is -0.468 e. The molecule has 0 saturated heterocycles. The molecule has 0 amide bonds. The summed E-state index contributed by atoms with van der Waals surface area (Å²) in [6.45, 7) is 4.46. The van der Waals surface area contributed by atoms with Crippen LogP contribution in [0.2, 0.25) is 0 Å². The second-order valence-corrected chi connectivity index (χ2v) is 4.25. The Labute approximate surface area is 100 Å². The van der Waals surface area contributed by atoms with Gasteiger partial charge in [0.1, 0.15) is 18.1 Å². The van der Waals surface area contributed by atoms with Gasteiger partial charge in [0.2, 0.25) is 5.88 Å². The van der Waals surface area contributed by atoms with Crippen LogP contribution < -0.4 is 10.5 Å². The molecule has 2 N–H and O–H groups in total. The van der Waals surface area contributed by atoms with E-state index < -0.39 is 0 Å². The third kappa shape index (κ3) is 2.27. The first-order valence-electron chi connectivity index (χ1n) is 5.57. The fourth-order valence-electron chi connectivity index (χ4n) is 1.68. The van der Waals surface area contributed by atoms with Gasteiger partial charge in [-0.2, -0.15) is 5.10 Å². The minimum absolute atomic E-state index is 0.280. The van der Waals surface area contributed by atoms with Crippen molar-refractivity contribution in [1.29, 1.82) is 0 Å². The van der Waals surface area contributed by atoms with E-state index in [1.54, 1.807) is 10.9 Å². The second-order valence-electron chi connectivity index (χ2n) is 4.25. The van der Waals surface area contributed by atoms with Gasteiger partial charge in [0.25, 0.3) is 0 Å². The molecule has 0 radical (unpaired) electrons. The quantitative estimate of drug-likeness (QED) is 0.883. The molecule has 0 aliphatic carbocycles. The van der Waals surface area contributed by atoms with Crippen LogP contribution in [-0.4, -0.2) is 9.78 Å². The number of furan rings is 1. The summed E-state index contributed by atoms with van der Waals surface area (Å²) in [6, 6.07) is 3.68. The van der Waals surface area contributed by atoms with E-state index in [1.165, 1.54) is 0 Å². The van der Waals surface area contributed by atoms with E-state index >= 15 is 0 Å². The lowest BCUT2D eigenvalue weighted by atomic mass is 10.1. The number of hydrogen-bond donors (Lipinski definition) is 1. The van der Waals surface area contributed by atoms with Gasteiger partial charge in [0.15, 0.2) is 0 Å². The summed E-state index contributed by atoms with van der Waals surface area (Å²) < 4.78 is 12.5. The summed E-state index contributed by atoms with van der Waals surface area (Å²) in [5, 5.41) is 4.35. The minimum atomic E-state index is 0.280. The topological polar surface area (TPSA) is 66.2 Å². The Bertz CT molecular complexity index is 486. The number of nitrogens with zero attached hydrogens (tertiary/aromatic N) is 2. The zero-order chi connectivity index (χ0) is 12.4. The van der Waals surface area contributed by atoms with Gasteiger partial charge in [0.05, 0.1) is 12.0 Å². The maximum Gasteiger partial charge on any atom is 0.236 e. The lowest BCUT2D eigenvalue weighted by Gasteiger charge is -2.05.